The van der Waals surface area contributed by atoms with Crippen molar-refractivity contribution in [1.82, 2.24) is 24.8 Å². The number of aromatic nitrogens is 4. The number of nitrogens with one attached hydrogen (secondary N) is 2. The van der Waals surface area contributed by atoms with Gasteiger partial charge in [0.25, 0.3) is 5.56 Å². The van der Waals surface area contributed by atoms with Crippen molar-refractivity contribution in [2.75, 3.05) is 6.54 Å². The molecular formula is C25H29N5O2. The van der Waals surface area contributed by atoms with Crippen LogP contribution in [-0.2, 0) is 18.5 Å². The zero-order valence-corrected chi connectivity index (χ0v) is 19.2. The minimum Gasteiger partial charge on any atom is -0.321 e. The van der Waals surface area contributed by atoms with Gasteiger partial charge in [0.05, 0.1) is 11.0 Å². The van der Waals surface area contributed by atoms with Gasteiger partial charge in [-0.1, -0.05) is 45.0 Å². The van der Waals surface area contributed by atoms with Crippen molar-refractivity contribution in [2.24, 2.45) is 0 Å². The Labute approximate surface area is 186 Å². The topological polar surface area (TPSA) is 92.7 Å². The fourth-order valence-electron chi connectivity index (χ4n) is 3.82. The van der Waals surface area contributed by atoms with Crippen LogP contribution in [-0.4, -0.2) is 26.1 Å². The summed E-state index contributed by atoms with van der Waals surface area (Å²) in [6.07, 6.45) is 0. The fraction of sp³-hybridized carbons (Fsp3) is 0.360. The smallest absolute Gasteiger partial charge is 0.321 e. The average molecular weight is 432 g/mol. The van der Waals surface area contributed by atoms with Gasteiger partial charge in [0, 0.05) is 19.6 Å². The summed E-state index contributed by atoms with van der Waals surface area (Å²) < 4.78 is 1.91. The number of hydrogen-bond donors (Lipinski definition) is 2. The number of rotatable bonds is 5. The Kier molecular flexibility index (Phi) is 5.69. The second-order valence-corrected chi connectivity index (χ2v) is 9.36. The van der Waals surface area contributed by atoms with E-state index in [9.17, 15) is 9.59 Å². The van der Waals surface area contributed by atoms with Gasteiger partial charge in [-0.2, -0.15) is 4.98 Å². The number of hydrogen-bond acceptors (Lipinski definition) is 5. The SMILES string of the molecule is Cc1cc2nc3c(=O)[nH]c(=O)nc-3n(CCNCc3ccc(C(C)(C)C)cc3)c2cc1C. The molecule has 0 aromatic heterocycles. The van der Waals surface area contributed by atoms with Gasteiger partial charge in [0.2, 0.25) is 0 Å². The van der Waals surface area contributed by atoms with E-state index in [-0.39, 0.29) is 11.1 Å². The van der Waals surface area contributed by atoms with Crippen LogP contribution in [0.3, 0.4) is 0 Å². The molecule has 7 heteroatoms. The molecule has 2 heterocycles. The summed E-state index contributed by atoms with van der Waals surface area (Å²) in [4.78, 5) is 35.1. The molecule has 0 unspecified atom stereocenters. The van der Waals surface area contributed by atoms with Gasteiger partial charge in [-0.25, -0.2) is 9.78 Å². The van der Waals surface area contributed by atoms with Crippen molar-refractivity contribution in [3.05, 3.63) is 79.5 Å². The molecule has 2 N–H and O–H groups in total. The second kappa shape index (κ2) is 8.31. The number of aromatic amines is 1. The van der Waals surface area contributed by atoms with Crippen LogP contribution < -0.4 is 16.6 Å². The first-order valence-corrected chi connectivity index (χ1v) is 10.9. The monoisotopic (exact) mass is 431 g/mol. The quantitative estimate of drug-likeness (QED) is 0.374. The molecule has 2 aliphatic rings. The zero-order valence-electron chi connectivity index (χ0n) is 19.2. The molecular weight excluding hydrogens is 402 g/mol. The lowest BCUT2D eigenvalue weighted by Gasteiger charge is -2.19. The van der Waals surface area contributed by atoms with Gasteiger partial charge in [0.15, 0.2) is 11.5 Å². The van der Waals surface area contributed by atoms with Crippen molar-refractivity contribution in [2.45, 2.75) is 53.1 Å². The van der Waals surface area contributed by atoms with Crippen LogP contribution >= 0.6 is 0 Å². The van der Waals surface area contributed by atoms with Gasteiger partial charge in [-0.15, -0.1) is 0 Å². The molecule has 4 rings (SSSR count). The summed E-state index contributed by atoms with van der Waals surface area (Å²) in [5.41, 5.74) is 5.43. The van der Waals surface area contributed by atoms with Crippen LogP contribution in [0, 0.1) is 13.8 Å². The first-order chi connectivity index (χ1) is 15.1. The minimum atomic E-state index is -0.659. The second-order valence-electron chi connectivity index (χ2n) is 9.36. The Hall–Kier alpha value is -3.32. The van der Waals surface area contributed by atoms with Gasteiger partial charge in [0.1, 0.15) is 0 Å². The Bertz CT molecular complexity index is 1360. The Morgan fingerprint density at radius 1 is 1.00 bits per heavy atom. The molecule has 2 aliphatic heterocycles. The standard InChI is InChI=1S/C25H29N5O2/c1-15-12-19-20(13-16(15)2)30(22-21(27-19)23(31)29-24(32)28-22)11-10-26-14-17-6-8-18(9-7-17)25(3,4)5/h6-9,12-13,26H,10-11,14H2,1-5H3,(H,29,31,32). The van der Waals surface area contributed by atoms with E-state index in [1.165, 1.54) is 11.1 Å². The zero-order chi connectivity index (χ0) is 23.0. The first-order valence-electron chi connectivity index (χ1n) is 10.9. The largest absolute Gasteiger partial charge is 0.349 e. The van der Waals surface area contributed by atoms with E-state index in [1.807, 2.05) is 30.5 Å². The molecule has 0 radical (unpaired) electrons. The lowest BCUT2D eigenvalue weighted by atomic mass is 9.87. The minimum absolute atomic E-state index is 0.133. The van der Waals surface area contributed by atoms with E-state index in [4.69, 9.17) is 0 Å². The molecule has 166 valence electrons. The van der Waals surface area contributed by atoms with E-state index in [1.54, 1.807) is 0 Å². The van der Waals surface area contributed by atoms with Crippen molar-refractivity contribution >= 4 is 11.0 Å². The predicted molar refractivity (Wildman–Crippen MR) is 127 cm³/mol. The maximum absolute atomic E-state index is 12.4. The molecule has 0 aliphatic carbocycles. The molecule has 0 amide bonds. The number of fused-ring (bicyclic) bond motifs is 2. The van der Waals surface area contributed by atoms with Gasteiger partial charge in [-0.3, -0.25) is 9.78 Å². The number of nitrogens with zero attached hydrogens (tertiary/aromatic N) is 3. The molecule has 2 aromatic rings. The van der Waals surface area contributed by atoms with Crippen LogP contribution in [0.4, 0.5) is 0 Å². The van der Waals surface area contributed by atoms with Crippen molar-refractivity contribution < 1.29 is 0 Å². The summed E-state index contributed by atoms with van der Waals surface area (Å²) in [5, 5.41) is 3.46. The van der Waals surface area contributed by atoms with Crippen LogP contribution in [0.25, 0.3) is 22.6 Å². The van der Waals surface area contributed by atoms with Crippen molar-refractivity contribution in [1.29, 1.82) is 0 Å². The Morgan fingerprint density at radius 3 is 2.38 bits per heavy atom. The van der Waals surface area contributed by atoms with E-state index in [2.05, 4.69) is 65.3 Å². The third-order valence-electron chi connectivity index (χ3n) is 5.89. The summed E-state index contributed by atoms with van der Waals surface area (Å²) >= 11 is 0. The summed E-state index contributed by atoms with van der Waals surface area (Å²) in [5.74, 6) is 0.311. The summed E-state index contributed by atoms with van der Waals surface area (Å²) in [6.45, 7) is 12.6. The molecule has 7 nitrogen and oxygen atoms in total. The van der Waals surface area contributed by atoms with Crippen molar-refractivity contribution in [3.63, 3.8) is 0 Å². The maximum Gasteiger partial charge on any atom is 0.349 e. The third kappa shape index (κ3) is 4.34. The molecule has 0 spiro atoms. The lowest BCUT2D eigenvalue weighted by molar-refractivity contribution is 0.587. The number of aryl methyl sites for hydroxylation is 2. The van der Waals surface area contributed by atoms with Crippen molar-refractivity contribution in [3.8, 4) is 11.5 Å². The molecule has 0 bridgehead atoms. The van der Waals surface area contributed by atoms with Crippen LogP contribution in [0.2, 0.25) is 0 Å². The normalized spacial score (nSPS) is 12.0. The molecule has 0 saturated carbocycles. The molecule has 32 heavy (non-hydrogen) atoms. The molecule has 0 saturated heterocycles. The fourth-order valence-corrected chi connectivity index (χ4v) is 3.82. The summed E-state index contributed by atoms with van der Waals surface area (Å²) in [7, 11) is 0. The van der Waals surface area contributed by atoms with Crippen LogP contribution in [0.1, 0.15) is 43.0 Å². The van der Waals surface area contributed by atoms with Gasteiger partial charge in [-0.05, 0) is 53.6 Å². The highest BCUT2D eigenvalue weighted by atomic mass is 16.2. The van der Waals surface area contributed by atoms with Gasteiger partial charge < -0.3 is 9.88 Å². The summed E-state index contributed by atoms with van der Waals surface area (Å²) in [6, 6.07) is 12.6. The highest BCUT2D eigenvalue weighted by molar-refractivity contribution is 5.81. The van der Waals surface area contributed by atoms with Crippen LogP contribution in [0.15, 0.2) is 46.0 Å². The highest BCUT2D eigenvalue weighted by Crippen LogP contribution is 2.24. The highest BCUT2D eigenvalue weighted by Gasteiger charge is 2.19. The van der Waals surface area contributed by atoms with E-state index >= 15 is 0 Å². The van der Waals surface area contributed by atoms with E-state index < -0.39 is 11.2 Å². The first kappa shape index (κ1) is 21.9. The Morgan fingerprint density at radius 2 is 1.69 bits per heavy atom. The average Bonchev–Trinajstić information content (AvgIpc) is 2.72. The lowest BCUT2D eigenvalue weighted by Crippen LogP contribution is -2.30. The molecule has 0 atom stereocenters. The molecule has 0 fully saturated rings. The third-order valence-corrected chi connectivity index (χ3v) is 5.89. The van der Waals surface area contributed by atoms with E-state index in [0.29, 0.717) is 24.4 Å². The number of H-pyrrole nitrogens is 1. The van der Waals surface area contributed by atoms with Crippen LogP contribution in [0.5, 0.6) is 0 Å². The number of benzene rings is 2. The Balaban J connectivity index is 1.61. The molecule has 2 aromatic carbocycles. The predicted octanol–water partition coefficient (Wildman–Crippen LogP) is 3.29. The van der Waals surface area contributed by atoms with Gasteiger partial charge >= 0.3 is 5.69 Å². The van der Waals surface area contributed by atoms with E-state index in [0.717, 1.165) is 23.2 Å². The maximum atomic E-state index is 12.4.